The minimum absolute atomic E-state index is 0.134. The Morgan fingerprint density at radius 1 is 1.30 bits per heavy atom. The van der Waals surface area contributed by atoms with Crippen molar-refractivity contribution in [3.05, 3.63) is 47.7 Å². The van der Waals surface area contributed by atoms with Crippen LogP contribution in [0.3, 0.4) is 0 Å². The van der Waals surface area contributed by atoms with Gasteiger partial charge in [-0.1, -0.05) is 6.07 Å². The van der Waals surface area contributed by atoms with Crippen molar-refractivity contribution in [2.45, 2.75) is 6.10 Å². The van der Waals surface area contributed by atoms with E-state index in [1.807, 2.05) is 0 Å². The van der Waals surface area contributed by atoms with Crippen molar-refractivity contribution in [1.82, 2.24) is 9.97 Å². The van der Waals surface area contributed by atoms with Gasteiger partial charge in [0.05, 0.1) is 12.7 Å². The smallest absolute Gasteiger partial charge is 0.226 e. The number of aromatic nitrogens is 2. The minimum Gasteiger partial charge on any atom is -0.481 e. The number of ether oxygens (including phenoxy) is 1. The standard InChI is InChI=1S/C13H13F2N3O2/c1-20-11-5-6-16-13(18-11)17-7-10(19)12-8(14)3-2-4-9(12)15/h2-6,10,19H,7H2,1H3,(H,16,17,18). The molecular weight excluding hydrogens is 268 g/mol. The van der Waals surface area contributed by atoms with Gasteiger partial charge in [0.25, 0.3) is 0 Å². The maximum Gasteiger partial charge on any atom is 0.226 e. The van der Waals surface area contributed by atoms with E-state index in [1.165, 1.54) is 19.4 Å². The van der Waals surface area contributed by atoms with Crippen LogP contribution in [0.2, 0.25) is 0 Å². The predicted molar refractivity (Wildman–Crippen MR) is 68.4 cm³/mol. The van der Waals surface area contributed by atoms with Crippen molar-refractivity contribution in [2.75, 3.05) is 19.0 Å². The third-order valence-electron chi connectivity index (χ3n) is 2.63. The van der Waals surface area contributed by atoms with Crippen LogP contribution < -0.4 is 10.1 Å². The van der Waals surface area contributed by atoms with Crippen LogP contribution in [0, 0.1) is 11.6 Å². The van der Waals surface area contributed by atoms with Crippen molar-refractivity contribution in [2.24, 2.45) is 0 Å². The van der Waals surface area contributed by atoms with Crippen LogP contribution in [0.5, 0.6) is 5.88 Å². The Hall–Kier alpha value is -2.28. The highest BCUT2D eigenvalue weighted by molar-refractivity contribution is 5.29. The van der Waals surface area contributed by atoms with Crippen molar-refractivity contribution in [3.63, 3.8) is 0 Å². The zero-order valence-electron chi connectivity index (χ0n) is 10.7. The molecule has 1 atom stereocenters. The van der Waals surface area contributed by atoms with E-state index in [-0.39, 0.29) is 18.1 Å². The fourth-order valence-corrected chi connectivity index (χ4v) is 1.66. The molecule has 0 fully saturated rings. The molecule has 1 heterocycles. The van der Waals surface area contributed by atoms with Crippen LogP contribution >= 0.6 is 0 Å². The summed E-state index contributed by atoms with van der Waals surface area (Å²) in [5.74, 6) is -1.06. The molecule has 0 aliphatic rings. The van der Waals surface area contributed by atoms with Crippen LogP contribution in [0.15, 0.2) is 30.5 Å². The monoisotopic (exact) mass is 281 g/mol. The van der Waals surface area contributed by atoms with E-state index in [1.54, 1.807) is 6.07 Å². The Morgan fingerprint density at radius 2 is 2.00 bits per heavy atom. The van der Waals surface area contributed by atoms with E-state index < -0.39 is 17.7 Å². The highest BCUT2D eigenvalue weighted by Crippen LogP contribution is 2.20. The average molecular weight is 281 g/mol. The summed E-state index contributed by atoms with van der Waals surface area (Å²) in [6, 6.07) is 4.96. The average Bonchev–Trinajstić information content (AvgIpc) is 2.45. The fraction of sp³-hybridized carbons (Fsp3) is 0.231. The summed E-state index contributed by atoms with van der Waals surface area (Å²) in [5, 5.41) is 12.5. The molecule has 0 aliphatic carbocycles. The van der Waals surface area contributed by atoms with Crippen LogP contribution in [0.1, 0.15) is 11.7 Å². The normalized spacial score (nSPS) is 12.0. The summed E-state index contributed by atoms with van der Waals surface area (Å²) < 4.78 is 31.8. The van der Waals surface area contributed by atoms with Crippen molar-refractivity contribution < 1.29 is 18.6 Å². The van der Waals surface area contributed by atoms with E-state index in [4.69, 9.17) is 4.74 Å². The molecule has 5 nitrogen and oxygen atoms in total. The minimum atomic E-state index is -1.36. The number of hydrogen-bond donors (Lipinski definition) is 2. The molecule has 0 radical (unpaired) electrons. The van der Waals surface area contributed by atoms with E-state index in [2.05, 4.69) is 15.3 Å². The Labute approximate surface area is 114 Å². The number of aliphatic hydroxyl groups is 1. The molecule has 0 aliphatic heterocycles. The quantitative estimate of drug-likeness (QED) is 0.876. The highest BCUT2D eigenvalue weighted by Gasteiger charge is 2.17. The van der Waals surface area contributed by atoms with Crippen LogP contribution in [-0.4, -0.2) is 28.7 Å². The van der Waals surface area contributed by atoms with Gasteiger partial charge < -0.3 is 15.2 Å². The van der Waals surface area contributed by atoms with Gasteiger partial charge in [-0.15, -0.1) is 0 Å². The lowest BCUT2D eigenvalue weighted by atomic mass is 10.1. The molecule has 106 valence electrons. The molecule has 7 heteroatoms. The zero-order valence-corrected chi connectivity index (χ0v) is 10.7. The second-order valence-corrected chi connectivity index (χ2v) is 3.95. The summed E-state index contributed by atoms with van der Waals surface area (Å²) in [5.41, 5.74) is -0.386. The molecule has 2 rings (SSSR count). The predicted octanol–water partition coefficient (Wildman–Crippen LogP) is 1.91. The largest absolute Gasteiger partial charge is 0.481 e. The number of anilines is 1. The number of nitrogens with zero attached hydrogens (tertiary/aromatic N) is 2. The molecule has 2 aromatic rings. The van der Waals surface area contributed by atoms with E-state index >= 15 is 0 Å². The van der Waals surface area contributed by atoms with Gasteiger partial charge in [-0.05, 0) is 12.1 Å². The first-order valence-electron chi connectivity index (χ1n) is 5.84. The van der Waals surface area contributed by atoms with Crippen LogP contribution in [-0.2, 0) is 0 Å². The lowest BCUT2D eigenvalue weighted by Gasteiger charge is -2.13. The van der Waals surface area contributed by atoms with Gasteiger partial charge in [0.1, 0.15) is 17.7 Å². The molecule has 2 N–H and O–H groups in total. The first-order valence-corrected chi connectivity index (χ1v) is 5.84. The summed E-state index contributed by atoms with van der Waals surface area (Å²) in [6.45, 7) is -0.134. The van der Waals surface area contributed by atoms with Gasteiger partial charge >= 0.3 is 0 Å². The number of aliphatic hydroxyl groups excluding tert-OH is 1. The van der Waals surface area contributed by atoms with E-state index in [0.29, 0.717) is 5.88 Å². The van der Waals surface area contributed by atoms with Crippen molar-refractivity contribution >= 4 is 5.95 Å². The number of halogens is 2. The second-order valence-electron chi connectivity index (χ2n) is 3.95. The SMILES string of the molecule is COc1ccnc(NCC(O)c2c(F)cccc2F)n1. The number of hydrogen-bond acceptors (Lipinski definition) is 5. The maximum absolute atomic E-state index is 13.5. The lowest BCUT2D eigenvalue weighted by Crippen LogP contribution is -2.16. The van der Waals surface area contributed by atoms with Crippen LogP contribution in [0.4, 0.5) is 14.7 Å². The molecule has 0 amide bonds. The summed E-state index contributed by atoms with van der Waals surface area (Å²) in [4.78, 5) is 7.86. The molecule has 1 aromatic heterocycles. The maximum atomic E-state index is 13.5. The Balaban J connectivity index is 2.06. The Morgan fingerprint density at radius 3 is 2.65 bits per heavy atom. The molecular formula is C13H13F2N3O2. The van der Waals surface area contributed by atoms with E-state index in [0.717, 1.165) is 12.1 Å². The van der Waals surface area contributed by atoms with Gasteiger partial charge in [-0.2, -0.15) is 4.98 Å². The molecule has 0 saturated carbocycles. The van der Waals surface area contributed by atoms with Crippen molar-refractivity contribution in [1.29, 1.82) is 0 Å². The first kappa shape index (κ1) is 14.1. The van der Waals surface area contributed by atoms with Crippen molar-refractivity contribution in [3.8, 4) is 5.88 Å². The molecule has 0 saturated heterocycles. The summed E-state index contributed by atoms with van der Waals surface area (Å²) in [7, 11) is 1.45. The summed E-state index contributed by atoms with van der Waals surface area (Å²) >= 11 is 0. The summed E-state index contributed by atoms with van der Waals surface area (Å²) in [6.07, 6.45) is 0.107. The van der Waals surface area contributed by atoms with Gasteiger partial charge in [-0.3, -0.25) is 0 Å². The van der Waals surface area contributed by atoms with Gasteiger partial charge in [0.2, 0.25) is 11.8 Å². The third kappa shape index (κ3) is 3.18. The number of methoxy groups -OCH3 is 1. The Kier molecular flexibility index (Phi) is 4.41. The number of benzene rings is 1. The molecule has 0 bridgehead atoms. The van der Waals surface area contributed by atoms with Gasteiger partial charge in [-0.25, -0.2) is 13.8 Å². The molecule has 1 unspecified atom stereocenters. The lowest BCUT2D eigenvalue weighted by molar-refractivity contribution is 0.181. The van der Waals surface area contributed by atoms with Gasteiger partial charge in [0.15, 0.2) is 0 Å². The first-order chi connectivity index (χ1) is 9.61. The number of rotatable bonds is 5. The third-order valence-corrected chi connectivity index (χ3v) is 2.63. The Bertz CT molecular complexity index is 575. The molecule has 20 heavy (non-hydrogen) atoms. The molecule has 1 aromatic carbocycles. The highest BCUT2D eigenvalue weighted by atomic mass is 19.1. The van der Waals surface area contributed by atoms with E-state index in [9.17, 15) is 13.9 Å². The fourth-order valence-electron chi connectivity index (χ4n) is 1.66. The topological polar surface area (TPSA) is 67.3 Å². The van der Waals surface area contributed by atoms with Gasteiger partial charge in [0, 0.05) is 18.8 Å². The number of nitrogens with one attached hydrogen (secondary N) is 1. The molecule has 0 spiro atoms. The van der Waals surface area contributed by atoms with Crippen LogP contribution in [0.25, 0.3) is 0 Å². The zero-order chi connectivity index (χ0) is 14.5. The second kappa shape index (κ2) is 6.25.